The van der Waals surface area contributed by atoms with Crippen LogP contribution in [0, 0.1) is 0 Å². The molecule has 0 saturated carbocycles. The van der Waals surface area contributed by atoms with Crippen molar-refractivity contribution in [3.05, 3.63) is 42.0 Å². The number of anilines is 1. The van der Waals surface area contributed by atoms with Gasteiger partial charge in [-0.15, -0.1) is 0 Å². The maximum absolute atomic E-state index is 11.9. The Hall–Kier alpha value is -3.06. The number of benzene rings is 1. The quantitative estimate of drug-likeness (QED) is 0.210. The third-order valence-corrected chi connectivity index (χ3v) is 4.40. The number of nitrogens with zero attached hydrogens (tertiary/aromatic N) is 2. The summed E-state index contributed by atoms with van der Waals surface area (Å²) in [5.74, 6) is -0.780. The molecule has 154 valence electrons. The van der Waals surface area contributed by atoms with E-state index >= 15 is 0 Å². The lowest BCUT2D eigenvalue weighted by Gasteiger charge is -2.12. The Labute approximate surface area is 170 Å². The number of imide groups is 1. The number of amides is 4. The Morgan fingerprint density at radius 2 is 1.72 bits per heavy atom. The summed E-state index contributed by atoms with van der Waals surface area (Å²) < 4.78 is 4.44. The summed E-state index contributed by atoms with van der Waals surface area (Å²) in [6.07, 6.45) is 4.25. The van der Waals surface area contributed by atoms with E-state index in [0.29, 0.717) is 37.2 Å². The van der Waals surface area contributed by atoms with Crippen LogP contribution < -0.4 is 10.7 Å². The molecule has 0 aliphatic carbocycles. The number of hydrogen-bond donors (Lipinski definition) is 2. The molecule has 29 heavy (non-hydrogen) atoms. The molecular weight excluding hydrogens is 395 g/mol. The number of nitrogens with one attached hydrogen (secondary N) is 2. The van der Waals surface area contributed by atoms with Crippen molar-refractivity contribution in [2.24, 2.45) is 5.10 Å². The van der Waals surface area contributed by atoms with Crippen LogP contribution in [0.15, 0.2) is 41.5 Å². The van der Waals surface area contributed by atoms with E-state index in [1.807, 2.05) is 9.47 Å². The maximum atomic E-state index is 11.9. The van der Waals surface area contributed by atoms with Crippen LogP contribution in [0.4, 0.5) is 10.5 Å². The van der Waals surface area contributed by atoms with Gasteiger partial charge in [-0.05, 0) is 37.5 Å². The summed E-state index contributed by atoms with van der Waals surface area (Å²) in [7, 11) is 1.87. The second kappa shape index (κ2) is 11.1. The summed E-state index contributed by atoms with van der Waals surface area (Å²) in [6, 6.07) is 6.92. The third kappa shape index (κ3) is 7.12. The van der Waals surface area contributed by atoms with Crippen molar-refractivity contribution in [1.82, 2.24) is 10.3 Å². The molecule has 1 aromatic rings. The van der Waals surface area contributed by atoms with Gasteiger partial charge in [0.1, 0.15) is 0 Å². The van der Waals surface area contributed by atoms with Gasteiger partial charge >= 0.3 is 6.09 Å². The van der Waals surface area contributed by atoms with Gasteiger partial charge in [-0.2, -0.15) is 5.10 Å². The predicted molar refractivity (Wildman–Crippen MR) is 111 cm³/mol. The zero-order valence-electron chi connectivity index (χ0n) is 16.0. The highest BCUT2D eigenvalue weighted by Gasteiger charge is 2.22. The van der Waals surface area contributed by atoms with Crippen LogP contribution in [-0.4, -0.2) is 41.0 Å². The molecule has 1 unspecified atom stereocenters. The van der Waals surface area contributed by atoms with Crippen molar-refractivity contribution in [1.29, 1.82) is 0 Å². The Morgan fingerprint density at radius 1 is 1.07 bits per heavy atom. The van der Waals surface area contributed by atoms with E-state index in [4.69, 9.17) is 0 Å². The molecule has 0 fully saturated rings. The first-order valence-corrected chi connectivity index (χ1v) is 9.52. The topological polar surface area (TPSA) is 117 Å². The minimum absolute atomic E-state index is 0.208. The molecule has 0 bridgehead atoms. The second-order valence-corrected chi connectivity index (χ2v) is 6.55. The first kappa shape index (κ1) is 22.2. The molecule has 0 saturated heterocycles. The number of carbonyl (C=O) groups excluding carboxylic acids is 4. The molecule has 1 aliphatic heterocycles. The Balaban J connectivity index is 1.68. The van der Waals surface area contributed by atoms with E-state index < -0.39 is 6.09 Å². The fourth-order valence-corrected chi connectivity index (χ4v) is 2.65. The monoisotopic (exact) mass is 418 g/mol. The molecule has 1 atom stereocenters. The molecule has 1 heterocycles. The van der Waals surface area contributed by atoms with Gasteiger partial charge in [-0.3, -0.25) is 24.6 Å². The van der Waals surface area contributed by atoms with Crippen molar-refractivity contribution in [2.45, 2.75) is 32.6 Å². The van der Waals surface area contributed by atoms with E-state index in [0.717, 1.165) is 12.0 Å². The van der Waals surface area contributed by atoms with Gasteiger partial charge in [0, 0.05) is 30.8 Å². The number of hydrogen-bond acceptors (Lipinski definition) is 6. The van der Waals surface area contributed by atoms with E-state index in [2.05, 4.69) is 20.4 Å². The van der Waals surface area contributed by atoms with Crippen LogP contribution in [0.25, 0.3) is 0 Å². The van der Waals surface area contributed by atoms with Crippen molar-refractivity contribution in [3.8, 4) is 0 Å². The van der Waals surface area contributed by atoms with Gasteiger partial charge in [0.25, 0.3) is 11.8 Å². The van der Waals surface area contributed by atoms with Crippen molar-refractivity contribution >= 4 is 44.7 Å². The largest absolute Gasteiger partial charge is 0.435 e. The van der Waals surface area contributed by atoms with Crippen LogP contribution >= 0.6 is 9.47 Å². The van der Waals surface area contributed by atoms with Crippen molar-refractivity contribution in [2.75, 3.05) is 11.9 Å². The van der Waals surface area contributed by atoms with Crippen LogP contribution in [-0.2, 0) is 18.9 Å². The first-order valence-electron chi connectivity index (χ1n) is 9.05. The summed E-state index contributed by atoms with van der Waals surface area (Å²) in [6.45, 7) is 2.13. The molecule has 10 heteroatoms. The lowest BCUT2D eigenvalue weighted by Crippen LogP contribution is -2.30. The number of carbonyl (C=O) groups is 4. The van der Waals surface area contributed by atoms with Crippen LogP contribution in [0.3, 0.4) is 0 Å². The van der Waals surface area contributed by atoms with Crippen molar-refractivity contribution in [3.63, 3.8) is 0 Å². The maximum Gasteiger partial charge on any atom is 0.413 e. The molecule has 0 aromatic heterocycles. The summed E-state index contributed by atoms with van der Waals surface area (Å²) >= 11 is 0. The lowest BCUT2D eigenvalue weighted by molar-refractivity contribution is -0.136. The Morgan fingerprint density at radius 3 is 2.34 bits per heavy atom. The molecular formula is C19H23N4O5P. The molecule has 1 aliphatic rings. The number of unbranched alkanes of at least 4 members (excludes halogenated alkanes) is 2. The van der Waals surface area contributed by atoms with Gasteiger partial charge in [-0.25, -0.2) is 10.2 Å². The Bertz CT molecular complexity index is 818. The first-order chi connectivity index (χ1) is 13.9. The van der Waals surface area contributed by atoms with Crippen LogP contribution in [0.2, 0.25) is 0 Å². The summed E-state index contributed by atoms with van der Waals surface area (Å²) in [5.41, 5.74) is 4.50. The Kier molecular flexibility index (Phi) is 8.48. The van der Waals surface area contributed by atoms with E-state index in [1.54, 1.807) is 31.2 Å². The van der Waals surface area contributed by atoms with E-state index in [9.17, 15) is 19.2 Å². The highest BCUT2D eigenvalue weighted by Crippen LogP contribution is 2.11. The lowest BCUT2D eigenvalue weighted by atomic mass is 10.1. The third-order valence-electron chi connectivity index (χ3n) is 4.19. The van der Waals surface area contributed by atoms with Gasteiger partial charge < -0.3 is 4.52 Å². The molecule has 2 rings (SSSR count). The van der Waals surface area contributed by atoms with Gasteiger partial charge in [0.15, 0.2) is 0 Å². The summed E-state index contributed by atoms with van der Waals surface area (Å²) in [4.78, 5) is 47.1. The highest BCUT2D eigenvalue weighted by molar-refractivity contribution is 7.10. The predicted octanol–water partition coefficient (Wildman–Crippen LogP) is 2.35. The van der Waals surface area contributed by atoms with E-state index in [-0.39, 0.29) is 17.7 Å². The zero-order valence-corrected chi connectivity index (χ0v) is 17.2. The summed E-state index contributed by atoms with van der Waals surface area (Å²) in [5, 5.41) is 6.61. The molecule has 1 aromatic carbocycles. The standard InChI is InChI=1S/C19H23N4O5P/c1-13(14-6-8-15(9-7-14)20-19(27)28-29)21-22-16(24)5-3-2-4-12-23-17(25)10-11-18(23)26/h6-11H,2-5,12,29H2,1H3,(H,20,27)(H,22,24)/b21-13+. The number of rotatable bonds is 9. The molecule has 0 radical (unpaired) electrons. The number of hydrazone groups is 1. The highest BCUT2D eigenvalue weighted by atomic mass is 31.0. The molecule has 4 amide bonds. The minimum atomic E-state index is -0.587. The fraction of sp³-hybridized carbons (Fsp3) is 0.316. The van der Waals surface area contributed by atoms with Crippen molar-refractivity contribution < 1.29 is 23.7 Å². The zero-order chi connectivity index (χ0) is 21.2. The normalized spacial score (nSPS) is 13.6. The van der Waals surface area contributed by atoms with Gasteiger partial charge in [-0.1, -0.05) is 18.6 Å². The minimum Gasteiger partial charge on any atom is -0.435 e. The van der Waals surface area contributed by atoms with Gasteiger partial charge in [0.2, 0.25) is 5.91 Å². The van der Waals surface area contributed by atoms with Crippen LogP contribution in [0.5, 0.6) is 0 Å². The molecule has 2 N–H and O–H groups in total. The fourth-order valence-electron chi connectivity index (χ4n) is 2.59. The second-order valence-electron chi connectivity index (χ2n) is 6.31. The van der Waals surface area contributed by atoms with E-state index in [1.165, 1.54) is 17.1 Å². The SMILES string of the molecule is C/C(=N\NC(=O)CCCCCN1C(=O)C=CC1=O)c1ccc(NC(=O)OP)cc1. The molecule has 0 spiro atoms. The van der Waals surface area contributed by atoms with Gasteiger partial charge in [0.05, 0.1) is 15.2 Å². The average Bonchev–Trinajstić information content (AvgIpc) is 3.04. The average molecular weight is 418 g/mol. The molecule has 9 nitrogen and oxygen atoms in total. The smallest absolute Gasteiger partial charge is 0.413 e. The van der Waals surface area contributed by atoms with Crippen LogP contribution in [0.1, 0.15) is 38.2 Å².